The molecule has 0 radical (unpaired) electrons. The Morgan fingerprint density at radius 3 is 2.33 bits per heavy atom. The molecule has 1 amide bonds. The van der Waals surface area contributed by atoms with Crippen LogP contribution in [0.4, 0.5) is 0 Å². The molecule has 0 saturated heterocycles. The van der Waals surface area contributed by atoms with Crippen molar-refractivity contribution in [3.8, 4) is 5.75 Å². The molecule has 1 aromatic carbocycles. The molecule has 0 unspecified atom stereocenters. The van der Waals surface area contributed by atoms with Crippen molar-refractivity contribution in [3.63, 3.8) is 0 Å². The van der Waals surface area contributed by atoms with Crippen molar-refractivity contribution >= 4 is 29.1 Å². The van der Waals surface area contributed by atoms with Gasteiger partial charge in [-0.15, -0.1) is 0 Å². The second-order valence-corrected chi connectivity index (χ2v) is 5.02. The SMILES string of the molecule is COc1c(Cl)cc(C(=O)NNCC(C)C)cc1Cl. The van der Waals surface area contributed by atoms with Gasteiger partial charge >= 0.3 is 0 Å². The molecule has 100 valence electrons. The van der Waals surface area contributed by atoms with Crippen LogP contribution >= 0.6 is 23.2 Å². The number of methoxy groups -OCH3 is 1. The minimum absolute atomic E-state index is 0.290. The molecular formula is C12H16Cl2N2O2. The lowest BCUT2D eigenvalue weighted by atomic mass is 10.2. The number of amides is 1. The standard InChI is InChI=1S/C12H16Cl2N2O2/c1-7(2)6-15-16-12(17)8-4-9(13)11(18-3)10(14)5-8/h4-5,7,15H,6H2,1-3H3,(H,16,17). The Balaban J connectivity index is 2.75. The summed E-state index contributed by atoms with van der Waals surface area (Å²) in [5.41, 5.74) is 5.79. The van der Waals surface area contributed by atoms with Crippen molar-refractivity contribution < 1.29 is 9.53 Å². The molecule has 0 aromatic heterocycles. The summed E-state index contributed by atoms with van der Waals surface area (Å²) < 4.78 is 5.01. The second-order valence-electron chi connectivity index (χ2n) is 4.20. The summed E-state index contributed by atoms with van der Waals surface area (Å²) >= 11 is 11.9. The molecule has 0 saturated carbocycles. The summed E-state index contributed by atoms with van der Waals surface area (Å²) in [5, 5.41) is 0.609. The smallest absolute Gasteiger partial charge is 0.265 e. The average Bonchev–Trinajstić information content (AvgIpc) is 2.27. The largest absolute Gasteiger partial charge is 0.494 e. The highest BCUT2D eigenvalue weighted by atomic mass is 35.5. The predicted octanol–water partition coefficient (Wildman–Crippen LogP) is 2.89. The van der Waals surface area contributed by atoms with Gasteiger partial charge in [0.15, 0.2) is 5.75 Å². The molecule has 2 N–H and O–H groups in total. The Morgan fingerprint density at radius 1 is 1.33 bits per heavy atom. The maximum Gasteiger partial charge on any atom is 0.265 e. The van der Waals surface area contributed by atoms with E-state index in [0.29, 0.717) is 33.8 Å². The van der Waals surface area contributed by atoms with Gasteiger partial charge in [0.2, 0.25) is 0 Å². The van der Waals surface area contributed by atoms with Gasteiger partial charge in [0.05, 0.1) is 17.2 Å². The zero-order valence-corrected chi connectivity index (χ0v) is 12.0. The van der Waals surface area contributed by atoms with E-state index in [-0.39, 0.29) is 5.91 Å². The number of hydrazine groups is 1. The zero-order valence-electron chi connectivity index (χ0n) is 10.5. The molecule has 0 fully saturated rings. The summed E-state index contributed by atoms with van der Waals surface area (Å²) in [5.74, 6) is 0.514. The van der Waals surface area contributed by atoms with E-state index in [1.54, 1.807) is 0 Å². The third kappa shape index (κ3) is 4.05. The van der Waals surface area contributed by atoms with Crippen LogP contribution in [0.5, 0.6) is 5.75 Å². The van der Waals surface area contributed by atoms with Crippen LogP contribution in [-0.2, 0) is 0 Å². The lowest BCUT2D eigenvalue weighted by molar-refractivity contribution is 0.0931. The topological polar surface area (TPSA) is 50.4 Å². The molecule has 0 aliphatic carbocycles. The molecule has 0 spiro atoms. The van der Waals surface area contributed by atoms with Crippen LogP contribution in [0.2, 0.25) is 10.0 Å². The van der Waals surface area contributed by atoms with E-state index in [0.717, 1.165) is 0 Å². The molecule has 0 aliphatic heterocycles. The third-order valence-corrected chi connectivity index (χ3v) is 2.74. The molecule has 6 heteroatoms. The highest BCUT2D eigenvalue weighted by Gasteiger charge is 2.13. The first-order chi connectivity index (χ1) is 8.45. The lowest BCUT2D eigenvalue weighted by Crippen LogP contribution is -2.39. The normalized spacial score (nSPS) is 10.6. The molecule has 1 aromatic rings. The number of ether oxygens (including phenoxy) is 1. The van der Waals surface area contributed by atoms with E-state index in [4.69, 9.17) is 27.9 Å². The predicted molar refractivity (Wildman–Crippen MR) is 73.3 cm³/mol. The van der Waals surface area contributed by atoms with Crippen LogP contribution in [0.3, 0.4) is 0 Å². The monoisotopic (exact) mass is 290 g/mol. The van der Waals surface area contributed by atoms with Crippen molar-refractivity contribution in [3.05, 3.63) is 27.7 Å². The van der Waals surface area contributed by atoms with Crippen LogP contribution in [-0.4, -0.2) is 19.6 Å². The van der Waals surface area contributed by atoms with Gasteiger partial charge in [-0.25, -0.2) is 5.43 Å². The van der Waals surface area contributed by atoms with E-state index in [9.17, 15) is 4.79 Å². The summed E-state index contributed by atoms with van der Waals surface area (Å²) in [6.07, 6.45) is 0. The van der Waals surface area contributed by atoms with E-state index < -0.39 is 0 Å². The first-order valence-corrected chi connectivity index (χ1v) is 6.27. The fourth-order valence-corrected chi connectivity index (χ4v) is 1.93. The fourth-order valence-electron chi connectivity index (χ4n) is 1.29. The Bertz CT molecular complexity index is 413. The Hall–Kier alpha value is -0.970. The highest BCUT2D eigenvalue weighted by Crippen LogP contribution is 2.33. The number of hydrogen-bond acceptors (Lipinski definition) is 3. The minimum Gasteiger partial charge on any atom is -0.494 e. The van der Waals surface area contributed by atoms with Gasteiger partial charge in [0, 0.05) is 12.1 Å². The first-order valence-electron chi connectivity index (χ1n) is 5.52. The van der Waals surface area contributed by atoms with Crippen molar-refractivity contribution in [1.82, 2.24) is 10.9 Å². The molecule has 0 heterocycles. The number of carbonyl (C=O) groups excluding carboxylic acids is 1. The number of benzene rings is 1. The van der Waals surface area contributed by atoms with Gasteiger partial charge in [-0.2, -0.15) is 0 Å². The number of carbonyl (C=O) groups is 1. The maximum absolute atomic E-state index is 11.8. The third-order valence-electron chi connectivity index (χ3n) is 2.18. The van der Waals surface area contributed by atoms with Gasteiger partial charge in [0.25, 0.3) is 5.91 Å². The second kappa shape index (κ2) is 6.83. The van der Waals surface area contributed by atoms with Crippen LogP contribution in [0.1, 0.15) is 24.2 Å². The number of hydrogen-bond donors (Lipinski definition) is 2. The molecule has 4 nitrogen and oxygen atoms in total. The first kappa shape index (κ1) is 15.1. The summed E-state index contributed by atoms with van der Waals surface area (Å²) in [6.45, 7) is 4.77. The van der Waals surface area contributed by atoms with Gasteiger partial charge in [0.1, 0.15) is 0 Å². The van der Waals surface area contributed by atoms with Gasteiger partial charge in [-0.3, -0.25) is 10.2 Å². The summed E-state index contributed by atoms with van der Waals surface area (Å²) in [6, 6.07) is 3.03. The van der Waals surface area contributed by atoms with Crippen molar-refractivity contribution in [2.45, 2.75) is 13.8 Å². The molecule has 1 rings (SSSR count). The van der Waals surface area contributed by atoms with Crippen molar-refractivity contribution in [2.24, 2.45) is 5.92 Å². The van der Waals surface area contributed by atoms with E-state index in [2.05, 4.69) is 10.9 Å². The number of rotatable bonds is 5. The molecule has 0 aliphatic rings. The molecule has 0 atom stereocenters. The highest BCUT2D eigenvalue weighted by molar-refractivity contribution is 6.37. The Kier molecular flexibility index (Phi) is 5.72. The van der Waals surface area contributed by atoms with Crippen LogP contribution in [0.25, 0.3) is 0 Å². The Morgan fingerprint density at radius 2 is 1.89 bits per heavy atom. The van der Waals surface area contributed by atoms with Crippen LogP contribution < -0.4 is 15.6 Å². The molecular weight excluding hydrogens is 275 g/mol. The van der Waals surface area contributed by atoms with Crippen LogP contribution in [0, 0.1) is 5.92 Å². The molecule has 0 bridgehead atoms. The maximum atomic E-state index is 11.8. The van der Waals surface area contributed by atoms with E-state index >= 15 is 0 Å². The summed E-state index contributed by atoms with van der Waals surface area (Å²) in [4.78, 5) is 11.8. The van der Waals surface area contributed by atoms with E-state index in [1.165, 1.54) is 19.2 Å². The lowest BCUT2D eigenvalue weighted by Gasteiger charge is -2.11. The number of nitrogens with one attached hydrogen (secondary N) is 2. The number of halogens is 2. The van der Waals surface area contributed by atoms with E-state index in [1.807, 2.05) is 13.8 Å². The molecule has 18 heavy (non-hydrogen) atoms. The average molecular weight is 291 g/mol. The quantitative estimate of drug-likeness (QED) is 0.820. The van der Waals surface area contributed by atoms with Gasteiger partial charge in [-0.1, -0.05) is 37.0 Å². The minimum atomic E-state index is -0.290. The van der Waals surface area contributed by atoms with Gasteiger partial charge < -0.3 is 4.74 Å². The van der Waals surface area contributed by atoms with Crippen LogP contribution in [0.15, 0.2) is 12.1 Å². The summed E-state index contributed by atoms with van der Waals surface area (Å²) in [7, 11) is 1.47. The van der Waals surface area contributed by atoms with Gasteiger partial charge in [-0.05, 0) is 18.1 Å². The Labute approximate surface area is 117 Å². The fraction of sp³-hybridized carbons (Fsp3) is 0.417. The van der Waals surface area contributed by atoms with Crippen molar-refractivity contribution in [1.29, 1.82) is 0 Å². The van der Waals surface area contributed by atoms with Crippen molar-refractivity contribution in [2.75, 3.05) is 13.7 Å². The zero-order chi connectivity index (χ0) is 13.7.